The summed E-state index contributed by atoms with van der Waals surface area (Å²) in [6.07, 6.45) is 7.18. The van der Waals surface area contributed by atoms with Crippen LogP contribution in [0.5, 0.6) is 0 Å². The maximum Gasteiger partial charge on any atom is 0.0858 e. The molecule has 0 bridgehead atoms. The fourth-order valence-electron chi connectivity index (χ4n) is 2.99. The van der Waals surface area contributed by atoms with Crippen LogP contribution in [0.1, 0.15) is 45.4 Å². The first kappa shape index (κ1) is 12.3. The predicted molar refractivity (Wildman–Crippen MR) is 64.7 cm³/mol. The number of hydrogen-bond donors (Lipinski definition) is 1. The van der Waals surface area contributed by atoms with E-state index in [2.05, 4.69) is 12.2 Å². The van der Waals surface area contributed by atoms with Crippen LogP contribution >= 0.6 is 0 Å². The Balaban J connectivity index is 2.00. The Morgan fingerprint density at radius 1 is 1.25 bits per heavy atom. The lowest BCUT2D eigenvalue weighted by molar-refractivity contribution is -0.109. The monoisotopic (exact) mass is 227 g/mol. The van der Waals surface area contributed by atoms with Crippen LogP contribution in [0.2, 0.25) is 0 Å². The third kappa shape index (κ3) is 2.76. The van der Waals surface area contributed by atoms with Crippen molar-refractivity contribution in [1.29, 1.82) is 0 Å². The van der Waals surface area contributed by atoms with Gasteiger partial charge in [0.1, 0.15) is 0 Å². The van der Waals surface area contributed by atoms with E-state index in [0.29, 0.717) is 6.04 Å². The van der Waals surface area contributed by atoms with Crippen LogP contribution < -0.4 is 5.32 Å². The van der Waals surface area contributed by atoms with E-state index in [-0.39, 0.29) is 5.60 Å². The molecule has 0 aromatic carbocycles. The van der Waals surface area contributed by atoms with Crippen LogP contribution in [-0.2, 0) is 9.47 Å². The highest BCUT2D eigenvalue weighted by molar-refractivity contribution is 4.96. The van der Waals surface area contributed by atoms with E-state index in [4.69, 9.17) is 9.47 Å². The van der Waals surface area contributed by atoms with Crippen molar-refractivity contribution in [3.8, 4) is 0 Å². The average molecular weight is 227 g/mol. The molecule has 2 fully saturated rings. The van der Waals surface area contributed by atoms with E-state index in [1.807, 2.05) is 0 Å². The van der Waals surface area contributed by atoms with Gasteiger partial charge in [0.2, 0.25) is 0 Å². The predicted octanol–water partition coefficient (Wildman–Crippen LogP) is 2.10. The molecule has 0 amide bonds. The normalized spacial score (nSPS) is 36.2. The number of hydrogen-bond acceptors (Lipinski definition) is 3. The number of unbranched alkanes of at least 4 members (excludes halogenated alkanes) is 1. The zero-order valence-corrected chi connectivity index (χ0v) is 10.5. The standard InChI is InChI=1S/C13H25NO2/c1-2-3-5-12-13(16-11-8-14-12)6-4-9-15-10-7-13/h12,14H,2-11H2,1H3. The molecule has 2 unspecified atom stereocenters. The van der Waals surface area contributed by atoms with Crippen molar-refractivity contribution in [2.75, 3.05) is 26.4 Å². The summed E-state index contributed by atoms with van der Waals surface area (Å²) in [4.78, 5) is 0. The van der Waals surface area contributed by atoms with E-state index in [1.54, 1.807) is 0 Å². The van der Waals surface area contributed by atoms with Crippen molar-refractivity contribution < 1.29 is 9.47 Å². The van der Waals surface area contributed by atoms with Gasteiger partial charge in [-0.2, -0.15) is 0 Å². The lowest BCUT2D eigenvalue weighted by Crippen LogP contribution is -2.58. The molecule has 0 aromatic heterocycles. The first-order valence-electron chi connectivity index (χ1n) is 6.82. The van der Waals surface area contributed by atoms with Gasteiger partial charge in [-0.3, -0.25) is 0 Å². The maximum atomic E-state index is 6.15. The molecule has 3 nitrogen and oxygen atoms in total. The highest BCUT2D eigenvalue weighted by Gasteiger charge is 2.41. The minimum absolute atomic E-state index is 0.0733. The molecule has 3 heteroatoms. The van der Waals surface area contributed by atoms with Gasteiger partial charge in [0.25, 0.3) is 0 Å². The fraction of sp³-hybridized carbons (Fsp3) is 1.00. The summed E-state index contributed by atoms with van der Waals surface area (Å²) in [5.74, 6) is 0. The van der Waals surface area contributed by atoms with Crippen LogP contribution in [0.4, 0.5) is 0 Å². The number of nitrogens with one attached hydrogen (secondary N) is 1. The van der Waals surface area contributed by atoms with E-state index >= 15 is 0 Å². The topological polar surface area (TPSA) is 30.5 Å². The zero-order chi connectivity index (χ0) is 11.3. The lowest BCUT2D eigenvalue weighted by Gasteiger charge is -2.44. The van der Waals surface area contributed by atoms with Gasteiger partial charge in [-0.1, -0.05) is 19.8 Å². The molecule has 2 rings (SSSR count). The van der Waals surface area contributed by atoms with E-state index in [9.17, 15) is 0 Å². The Labute approximate surface area is 98.9 Å². The molecule has 2 aliphatic rings. The molecule has 0 aromatic rings. The molecule has 1 spiro atoms. The van der Waals surface area contributed by atoms with Crippen molar-refractivity contribution in [3.63, 3.8) is 0 Å². The third-order valence-electron chi connectivity index (χ3n) is 3.92. The summed E-state index contributed by atoms with van der Waals surface area (Å²) in [7, 11) is 0. The van der Waals surface area contributed by atoms with Crippen LogP contribution in [0.3, 0.4) is 0 Å². The molecule has 2 saturated heterocycles. The molecule has 0 aliphatic carbocycles. The van der Waals surface area contributed by atoms with Crippen molar-refractivity contribution in [2.24, 2.45) is 0 Å². The summed E-state index contributed by atoms with van der Waals surface area (Å²) in [6, 6.07) is 0.544. The molecule has 1 N–H and O–H groups in total. The van der Waals surface area contributed by atoms with Gasteiger partial charge < -0.3 is 14.8 Å². The minimum atomic E-state index is 0.0733. The smallest absolute Gasteiger partial charge is 0.0858 e. The summed E-state index contributed by atoms with van der Waals surface area (Å²) < 4.78 is 11.7. The summed E-state index contributed by atoms with van der Waals surface area (Å²) in [6.45, 7) is 5.90. The summed E-state index contributed by atoms with van der Waals surface area (Å²) in [5.41, 5.74) is 0.0733. The lowest BCUT2D eigenvalue weighted by atomic mass is 9.82. The van der Waals surface area contributed by atoms with Crippen LogP contribution in [0.15, 0.2) is 0 Å². The summed E-state index contributed by atoms with van der Waals surface area (Å²) in [5, 5.41) is 3.66. The molecule has 0 radical (unpaired) electrons. The van der Waals surface area contributed by atoms with E-state index < -0.39 is 0 Å². The second kappa shape index (κ2) is 5.99. The molecule has 0 saturated carbocycles. The van der Waals surface area contributed by atoms with Crippen molar-refractivity contribution in [2.45, 2.75) is 57.1 Å². The second-order valence-corrected chi connectivity index (χ2v) is 5.03. The Kier molecular flexibility index (Phi) is 4.62. The fourth-order valence-corrected chi connectivity index (χ4v) is 2.99. The highest BCUT2D eigenvalue weighted by Crippen LogP contribution is 2.33. The molecular formula is C13H25NO2. The van der Waals surface area contributed by atoms with E-state index in [0.717, 1.165) is 45.6 Å². The van der Waals surface area contributed by atoms with Crippen LogP contribution in [0, 0.1) is 0 Å². The quantitative estimate of drug-likeness (QED) is 0.801. The number of morpholine rings is 1. The van der Waals surface area contributed by atoms with Crippen LogP contribution in [-0.4, -0.2) is 38.0 Å². The largest absolute Gasteiger partial charge is 0.381 e. The van der Waals surface area contributed by atoms with Crippen molar-refractivity contribution in [3.05, 3.63) is 0 Å². The highest BCUT2D eigenvalue weighted by atomic mass is 16.5. The van der Waals surface area contributed by atoms with Gasteiger partial charge >= 0.3 is 0 Å². The van der Waals surface area contributed by atoms with Gasteiger partial charge in [-0.25, -0.2) is 0 Å². The number of ether oxygens (including phenoxy) is 2. The van der Waals surface area contributed by atoms with Gasteiger partial charge in [0.15, 0.2) is 0 Å². The van der Waals surface area contributed by atoms with Crippen molar-refractivity contribution in [1.82, 2.24) is 5.32 Å². The molecule has 2 aliphatic heterocycles. The Morgan fingerprint density at radius 3 is 3.06 bits per heavy atom. The van der Waals surface area contributed by atoms with Gasteiger partial charge in [-0.15, -0.1) is 0 Å². The Bertz CT molecular complexity index is 200. The van der Waals surface area contributed by atoms with Gasteiger partial charge in [0, 0.05) is 32.2 Å². The first-order valence-corrected chi connectivity index (χ1v) is 6.82. The first-order chi connectivity index (χ1) is 7.87. The molecule has 2 heterocycles. The maximum absolute atomic E-state index is 6.15. The van der Waals surface area contributed by atoms with E-state index in [1.165, 1.54) is 19.3 Å². The molecule has 16 heavy (non-hydrogen) atoms. The molecule has 94 valence electrons. The Morgan fingerprint density at radius 2 is 2.19 bits per heavy atom. The third-order valence-corrected chi connectivity index (χ3v) is 3.92. The molecular weight excluding hydrogens is 202 g/mol. The van der Waals surface area contributed by atoms with Gasteiger partial charge in [-0.05, 0) is 19.3 Å². The zero-order valence-electron chi connectivity index (χ0n) is 10.5. The van der Waals surface area contributed by atoms with Crippen molar-refractivity contribution >= 4 is 0 Å². The summed E-state index contributed by atoms with van der Waals surface area (Å²) >= 11 is 0. The number of rotatable bonds is 3. The molecule has 2 atom stereocenters. The average Bonchev–Trinajstić information content (AvgIpc) is 2.55. The minimum Gasteiger partial charge on any atom is -0.381 e. The van der Waals surface area contributed by atoms with Gasteiger partial charge in [0.05, 0.1) is 12.2 Å². The SMILES string of the molecule is CCCCC1NCCOC12CCCOCC2. The second-order valence-electron chi connectivity index (χ2n) is 5.03. The Hall–Kier alpha value is -0.120. The van der Waals surface area contributed by atoms with Crippen LogP contribution in [0.25, 0.3) is 0 Å².